The highest BCUT2D eigenvalue weighted by atomic mass is 16.2. The normalized spacial score (nSPS) is 31.7. The van der Waals surface area contributed by atoms with Gasteiger partial charge in [-0.3, -0.25) is 9.59 Å². The lowest BCUT2D eigenvalue weighted by molar-refractivity contribution is -0.154. The summed E-state index contributed by atoms with van der Waals surface area (Å²) in [6.45, 7) is 6.88. The number of carbonyl (C=O) groups excluding carboxylic acids is 2. The molecule has 1 N–H and O–H groups in total. The summed E-state index contributed by atoms with van der Waals surface area (Å²) in [4.78, 5) is 27.5. The number of hydrogen-bond acceptors (Lipinski definition) is 2. The van der Waals surface area contributed by atoms with Crippen LogP contribution in [0.4, 0.5) is 0 Å². The fraction of sp³-hybridized carbons (Fsp3) is 0.882. The average molecular weight is 292 g/mol. The Morgan fingerprint density at radius 1 is 1.10 bits per heavy atom. The zero-order valence-corrected chi connectivity index (χ0v) is 13.5. The molecule has 3 fully saturated rings. The second-order valence-electron chi connectivity index (χ2n) is 8.23. The maximum Gasteiger partial charge on any atom is 0.246 e. The molecular formula is C17H28N2O2. The molecular weight excluding hydrogens is 264 g/mol. The Balaban J connectivity index is 1.81. The topological polar surface area (TPSA) is 49.4 Å². The quantitative estimate of drug-likeness (QED) is 0.868. The van der Waals surface area contributed by atoms with Gasteiger partial charge in [0.2, 0.25) is 11.8 Å². The second-order valence-corrected chi connectivity index (χ2v) is 8.23. The van der Waals surface area contributed by atoms with Crippen LogP contribution in [0.1, 0.15) is 59.3 Å². The van der Waals surface area contributed by atoms with Gasteiger partial charge in [-0.15, -0.1) is 0 Å². The van der Waals surface area contributed by atoms with Crippen LogP contribution in [0.15, 0.2) is 0 Å². The molecule has 0 bridgehead atoms. The number of amides is 2. The van der Waals surface area contributed by atoms with Gasteiger partial charge < -0.3 is 10.2 Å². The Bertz CT molecular complexity index is 431. The molecule has 4 nitrogen and oxygen atoms in total. The molecule has 0 aromatic heterocycles. The van der Waals surface area contributed by atoms with Crippen LogP contribution in [-0.2, 0) is 9.59 Å². The van der Waals surface area contributed by atoms with Crippen molar-refractivity contribution in [2.45, 2.75) is 71.4 Å². The molecule has 2 aliphatic carbocycles. The number of carbonyl (C=O) groups is 2. The molecule has 0 aromatic rings. The molecule has 118 valence electrons. The minimum absolute atomic E-state index is 0.0787. The van der Waals surface area contributed by atoms with Crippen LogP contribution in [0, 0.1) is 17.3 Å². The third-order valence-corrected chi connectivity index (χ3v) is 5.29. The smallest absolute Gasteiger partial charge is 0.246 e. The van der Waals surface area contributed by atoms with Crippen LogP contribution in [0.2, 0.25) is 0 Å². The van der Waals surface area contributed by atoms with Crippen molar-refractivity contribution in [3.8, 4) is 0 Å². The fourth-order valence-corrected chi connectivity index (χ4v) is 3.88. The van der Waals surface area contributed by atoms with E-state index >= 15 is 0 Å². The first-order chi connectivity index (χ1) is 9.88. The average Bonchev–Trinajstić information content (AvgIpc) is 3.08. The van der Waals surface area contributed by atoms with Gasteiger partial charge in [0, 0.05) is 6.54 Å². The van der Waals surface area contributed by atoms with Crippen LogP contribution in [0.3, 0.4) is 0 Å². The number of nitrogens with one attached hydrogen (secondary N) is 1. The molecule has 3 rings (SSSR count). The van der Waals surface area contributed by atoms with E-state index in [0.717, 1.165) is 19.4 Å². The summed E-state index contributed by atoms with van der Waals surface area (Å²) < 4.78 is 0. The van der Waals surface area contributed by atoms with E-state index in [1.165, 1.54) is 25.7 Å². The molecule has 4 heteroatoms. The minimum atomic E-state index is -0.374. The van der Waals surface area contributed by atoms with E-state index in [0.29, 0.717) is 11.8 Å². The van der Waals surface area contributed by atoms with E-state index in [-0.39, 0.29) is 29.3 Å². The Morgan fingerprint density at radius 3 is 2.24 bits per heavy atom. The summed E-state index contributed by atoms with van der Waals surface area (Å²) in [5, 5.41) is 3.00. The summed E-state index contributed by atoms with van der Waals surface area (Å²) in [7, 11) is 0. The molecule has 2 unspecified atom stereocenters. The van der Waals surface area contributed by atoms with Crippen LogP contribution >= 0.6 is 0 Å². The molecule has 2 amide bonds. The van der Waals surface area contributed by atoms with Crippen molar-refractivity contribution in [3.63, 3.8) is 0 Å². The van der Waals surface area contributed by atoms with Crippen LogP contribution < -0.4 is 5.32 Å². The van der Waals surface area contributed by atoms with Crippen LogP contribution in [0.5, 0.6) is 0 Å². The Labute approximate surface area is 127 Å². The molecule has 3 aliphatic rings. The molecule has 1 saturated heterocycles. The Hall–Kier alpha value is -1.06. The summed E-state index contributed by atoms with van der Waals surface area (Å²) in [5.41, 5.74) is -0.227. The first kappa shape index (κ1) is 14.9. The van der Waals surface area contributed by atoms with E-state index < -0.39 is 0 Å². The van der Waals surface area contributed by atoms with Crippen molar-refractivity contribution >= 4 is 11.8 Å². The highest BCUT2D eigenvalue weighted by Crippen LogP contribution is 2.39. The fourth-order valence-electron chi connectivity index (χ4n) is 3.88. The maximum atomic E-state index is 13.0. The van der Waals surface area contributed by atoms with Gasteiger partial charge in [-0.25, -0.2) is 0 Å². The van der Waals surface area contributed by atoms with Gasteiger partial charge in [-0.05, 0) is 42.9 Å². The SMILES string of the molecule is CC(C)(C)C1NC(=O)C(C2CC2)N(CC2CCCC2)C1=O. The first-order valence-corrected chi connectivity index (χ1v) is 8.49. The standard InChI is InChI=1S/C17H28N2O2/c1-17(2,3)14-16(21)19(10-11-6-4-5-7-11)13(12-8-9-12)15(20)18-14/h11-14H,4-10H2,1-3H3,(H,18,20). The summed E-state index contributed by atoms with van der Waals surface area (Å²) >= 11 is 0. The number of nitrogens with zero attached hydrogens (tertiary/aromatic N) is 1. The second kappa shape index (κ2) is 5.29. The molecule has 2 atom stereocenters. The van der Waals surface area contributed by atoms with Crippen LogP contribution in [0.25, 0.3) is 0 Å². The van der Waals surface area contributed by atoms with E-state index in [1.807, 2.05) is 25.7 Å². The maximum absolute atomic E-state index is 13.0. The number of hydrogen-bond donors (Lipinski definition) is 1. The van der Waals surface area contributed by atoms with Crippen LogP contribution in [-0.4, -0.2) is 35.3 Å². The predicted octanol–water partition coefficient (Wildman–Crippen LogP) is 2.33. The molecule has 0 radical (unpaired) electrons. The van der Waals surface area contributed by atoms with Crippen molar-refractivity contribution < 1.29 is 9.59 Å². The molecule has 21 heavy (non-hydrogen) atoms. The van der Waals surface area contributed by atoms with E-state index in [9.17, 15) is 9.59 Å². The summed E-state index contributed by atoms with van der Waals surface area (Å²) in [6, 6.07) is -0.571. The van der Waals surface area contributed by atoms with Gasteiger partial charge >= 0.3 is 0 Å². The number of piperazine rings is 1. The molecule has 2 saturated carbocycles. The van der Waals surface area contributed by atoms with Gasteiger partial charge in [-0.1, -0.05) is 33.6 Å². The predicted molar refractivity (Wildman–Crippen MR) is 81.6 cm³/mol. The van der Waals surface area contributed by atoms with Gasteiger partial charge in [0.25, 0.3) is 0 Å². The molecule has 1 heterocycles. The Kier molecular flexibility index (Phi) is 3.74. The van der Waals surface area contributed by atoms with Crippen molar-refractivity contribution in [2.24, 2.45) is 17.3 Å². The Morgan fingerprint density at radius 2 is 1.71 bits per heavy atom. The largest absolute Gasteiger partial charge is 0.342 e. The zero-order valence-electron chi connectivity index (χ0n) is 13.5. The van der Waals surface area contributed by atoms with E-state index in [1.54, 1.807) is 0 Å². The van der Waals surface area contributed by atoms with Crippen molar-refractivity contribution in [1.29, 1.82) is 0 Å². The summed E-state index contributed by atoms with van der Waals surface area (Å²) in [6.07, 6.45) is 7.15. The van der Waals surface area contributed by atoms with Gasteiger partial charge in [0.1, 0.15) is 12.1 Å². The lowest BCUT2D eigenvalue weighted by Crippen LogP contribution is -2.67. The van der Waals surface area contributed by atoms with Crippen molar-refractivity contribution in [2.75, 3.05) is 6.54 Å². The highest BCUT2D eigenvalue weighted by molar-refractivity contribution is 5.97. The van der Waals surface area contributed by atoms with Crippen molar-refractivity contribution in [1.82, 2.24) is 10.2 Å². The molecule has 0 spiro atoms. The molecule has 0 aromatic carbocycles. The molecule has 1 aliphatic heterocycles. The monoisotopic (exact) mass is 292 g/mol. The van der Waals surface area contributed by atoms with E-state index in [2.05, 4.69) is 5.32 Å². The number of rotatable bonds is 3. The van der Waals surface area contributed by atoms with Gasteiger partial charge in [-0.2, -0.15) is 0 Å². The summed E-state index contributed by atoms with van der Waals surface area (Å²) in [5.74, 6) is 1.22. The third-order valence-electron chi connectivity index (χ3n) is 5.29. The van der Waals surface area contributed by atoms with Gasteiger partial charge in [0.05, 0.1) is 0 Å². The first-order valence-electron chi connectivity index (χ1n) is 8.49. The van der Waals surface area contributed by atoms with Gasteiger partial charge in [0.15, 0.2) is 0 Å². The lowest BCUT2D eigenvalue weighted by Gasteiger charge is -2.44. The highest BCUT2D eigenvalue weighted by Gasteiger charge is 2.50. The lowest BCUT2D eigenvalue weighted by atomic mass is 9.83. The minimum Gasteiger partial charge on any atom is -0.342 e. The third kappa shape index (κ3) is 2.95. The van der Waals surface area contributed by atoms with Crippen molar-refractivity contribution in [3.05, 3.63) is 0 Å². The zero-order chi connectivity index (χ0) is 15.2. The van der Waals surface area contributed by atoms with E-state index in [4.69, 9.17) is 0 Å².